The molecule has 31 heavy (non-hydrogen) atoms. The first-order valence-electron chi connectivity index (χ1n) is 8.55. The number of alkyl halides is 5. The van der Waals surface area contributed by atoms with Crippen molar-refractivity contribution in [2.45, 2.75) is 19.4 Å². The summed E-state index contributed by atoms with van der Waals surface area (Å²) in [5.41, 5.74) is -0.828. The van der Waals surface area contributed by atoms with Crippen LogP contribution in [0.3, 0.4) is 0 Å². The third-order valence-electron chi connectivity index (χ3n) is 4.14. The lowest BCUT2D eigenvalue weighted by atomic mass is 10.0. The van der Waals surface area contributed by atoms with Crippen molar-refractivity contribution in [1.82, 2.24) is 0 Å². The van der Waals surface area contributed by atoms with E-state index in [0.29, 0.717) is 23.8 Å². The number of hydrogen-bond donors (Lipinski definition) is 0. The van der Waals surface area contributed by atoms with Gasteiger partial charge in [0.15, 0.2) is 23.1 Å². The van der Waals surface area contributed by atoms with Crippen LogP contribution in [0.2, 0.25) is 0 Å². The van der Waals surface area contributed by atoms with E-state index in [0.717, 1.165) is 24.3 Å². The first kappa shape index (κ1) is 22.4. The Morgan fingerprint density at radius 3 is 1.87 bits per heavy atom. The van der Waals surface area contributed by atoms with Gasteiger partial charge in [0.25, 0.3) is 0 Å². The summed E-state index contributed by atoms with van der Waals surface area (Å²) in [4.78, 5) is 0. The Balaban J connectivity index is 1.90. The van der Waals surface area contributed by atoms with Crippen LogP contribution in [0.15, 0.2) is 54.6 Å². The monoisotopic (exact) mass is 448 g/mol. The van der Waals surface area contributed by atoms with Gasteiger partial charge in [-0.05, 0) is 48.9 Å². The minimum absolute atomic E-state index is 0.347. The van der Waals surface area contributed by atoms with Crippen molar-refractivity contribution in [1.29, 1.82) is 0 Å². The molecule has 164 valence electrons. The van der Waals surface area contributed by atoms with Crippen LogP contribution < -0.4 is 9.47 Å². The Bertz CT molecular complexity index is 1090. The Labute approximate surface area is 170 Å². The van der Waals surface area contributed by atoms with Crippen LogP contribution in [0.25, 0.3) is 11.1 Å². The molecular weight excluding hydrogens is 436 g/mol. The molecule has 2 nitrogen and oxygen atoms in total. The summed E-state index contributed by atoms with van der Waals surface area (Å²) in [7, 11) is 0. The molecule has 3 aromatic carbocycles. The maximum atomic E-state index is 14.4. The average Bonchev–Trinajstić information content (AvgIpc) is 2.67. The molecule has 0 spiro atoms. The Morgan fingerprint density at radius 2 is 1.29 bits per heavy atom. The first-order chi connectivity index (χ1) is 14.4. The van der Waals surface area contributed by atoms with E-state index in [4.69, 9.17) is 0 Å². The molecule has 0 amide bonds. The lowest BCUT2D eigenvalue weighted by Gasteiger charge is -2.19. The van der Waals surface area contributed by atoms with Gasteiger partial charge in [-0.1, -0.05) is 23.8 Å². The Hall–Kier alpha value is -3.30. The molecule has 0 aliphatic rings. The number of ether oxygens (including phenoxy) is 2. The fourth-order valence-corrected chi connectivity index (χ4v) is 2.65. The molecule has 3 rings (SSSR count). The molecule has 0 saturated heterocycles. The second-order valence-corrected chi connectivity index (χ2v) is 6.42. The van der Waals surface area contributed by atoms with E-state index in [-0.39, 0.29) is 5.56 Å². The van der Waals surface area contributed by atoms with Gasteiger partial charge in [0.1, 0.15) is 0 Å². The molecule has 3 aromatic rings. The second-order valence-electron chi connectivity index (χ2n) is 6.42. The highest BCUT2D eigenvalue weighted by Crippen LogP contribution is 2.37. The van der Waals surface area contributed by atoms with Crippen molar-refractivity contribution < 1.29 is 44.6 Å². The lowest BCUT2D eigenvalue weighted by Crippen LogP contribution is -2.22. The zero-order chi connectivity index (χ0) is 23.0. The summed E-state index contributed by atoms with van der Waals surface area (Å²) in [6.45, 7) is 1.67. The quantitative estimate of drug-likeness (QED) is 0.388. The van der Waals surface area contributed by atoms with Crippen molar-refractivity contribution in [3.63, 3.8) is 0 Å². The van der Waals surface area contributed by atoms with E-state index < -0.39 is 52.5 Å². The van der Waals surface area contributed by atoms with E-state index >= 15 is 0 Å². The maximum Gasteiger partial charge on any atom is 0.573 e. The number of halogens is 8. The molecule has 0 heterocycles. The summed E-state index contributed by atoms with van der Waals surface area (Å²) in [5.74, 6) is -7.19. The molecule has 0 aliphatic carbocycles. The van der Waals surface area contributed by atoms with E-state index in [9.17, 15) is 35.1 Å². The maximum absolute atomic E-state index is 14.4. The zero-order valence-electron chi connectivity index (χ0n) is 15.5. The highest BCUT2D eigenvalue weighted by Gasteiger charge is 2.36. The fourth-order valence-electron chi connectivity index (χ4n) is 2.65. The average molecular weight is 448 g/mol. The van der Waals surface area contributed by atoms with Gasteiger partial charge in [0.05, 0.1) is 5.56 Å². The summed E-state index contributed by atoms with van der Waals surface area (Å²) in [6, 6.07) is 8.33. The van der Waals surface area contributed by atoms with Gasteiger partial charge in [0.2, 0.25) is 5.82 Å². The van der Waals surface area contributed by atoms with Gasteiger partial charge in [-0.3, -0.25) is 0 Å². The largest absolute Gasteiger partial charge is 0.573 e. The van der Waals surface area contributed by atoms with Crippen LogP contribution in [0.5, 0.6) is 11.5 Å². The third kappa shape index (κ3) is 5.07. The van der Waals surface area contributed by atoms with Crippen molar-refractivity contribution >= 4 is 0 Å². The van der Waals surface area contributed by atoms with Gasteiger partial charge >= 0.3 is 12.5 Å². The van der Waals surface area contributed by atoms with Gasteiger partial charge in [-0.15, -0.1) is 13.2 Å². The highest BCUT2D eigenvalue weighted by atomic mass is 19.4. The van der Waals surface area contributed by atoms with Gasteiger partial charge in [-0.25, -0.2) is 8.78 Å². The standard InChI is InChI=1S/C21H12F8O2/c1-11-2-5-13(6-3-11)20(25,26)30-17-9-7-14(18(23)19(17)24)12-4-8-16(15(22)10-12)31-21(27,28)29/h2-10H,1H3. The molecule has 0 N–H and O–H groups in total. The molecule has 0 fully saturated rings. The number of rotatable bonds is 5. The van der Waals surface area contributed by atoms with Crippen molar-refractivity contribution in [3.05, 3.63) is 83.2 Å². The van der Waals surface area contributed by atoms with Crippen LogP contribution in [-0.4, -0.2) is 6.36 Å². The van der Waals surface area contributed by atoms with Gasteiger partial charge < -0.3 is 9.47 Å². The molecule has 0 radical (unpaired) electrons. The van der Waals surface area contributed by atoms with E-state index in [1.807, 2.05) is 0 Å². The van der Waals surface area contributed by atoms with Crippen LogP contribution in [-0.2, 0) is 6.11 Å². The molecule has 10 heteroatoms. The normalized spacial score (nSPS) is 12.0. The smallest absolute Gasteiger partial charge is 0.426 e. The molecule has 0 aromatic heterocycles. The topological polar surface area (TPSA) is 18.5 Å². The molecule has 0 aliphatic heterocycles. The minimum atomic E-state index is -5.15. The Kier molecular flexibility index (Phi) is 5.84. The third-order valence-corrected chi connectivity index (χ3v) is 4.14. The summed E-state index contributed by atoms with van der Waals surface area (Å²) >= 11 is 0. The molecule has 0 atom stereocenters. The highest BCUT2D eigenvalue weighted by molar-refractivity contribution is 5.66. The number of hydrogen-bond acceptors (Lipinski definition) is 2. The summed E-state index contributed by atoms with van der Waals surface area (Å²) < 4.78 is 116. The number of benzene rings is 3. The van der Waals surface area contributed by atoms with Crippen LogP contribution in [0.4, 0.5) is 35.1 Å². The summed E-state index contributed by atoms with van der Waals surface area (Å²) in [5, 5.41) is 0. The van der Waals surface area contributed by atoms with Crippen molar-refractivity contribution in [3.8, 4) is 22.6 Å². The van der Waals surface area contributed by atoms with Crippen molar-refractivity contribution in [2.75, 3.05) is 0 Å². The predicted octanol–water partition coefficient (Wildman–Crippen LogP) is 7.11. The van der Waals surface area contributed by atoms with E-state index in [2.05, 4.69) is 9.47 Å². The first-order valence-corrected chi connectivity index (χ1v) is 8.55. The van der Waals surface area contributed by atoms with Crippen molar-refractivity contribution in [2.24, 2.45) is 0 Å². The number of aryl methyl sites for hydroxylation is 1. The lowest BCUT2D eigenvalue weighted by molar-refractivity contribution is -0.275. The summed E-state index contributed by atoms with van der Waals surface area (Å²) in [6.07, 6.45) is -9.13. The van der Waals surface area contributed by atoms with Crippen LogP contribution >= 0.6 is 0 Å². The van der Waals surface area contributed by atoms with E-state index in [1.54, 1.807) is 6.92 Å². The van der Waals surface area contributed by atoms with Gasteiger partial charge in [0, 0.05) is 5.56 Å². The SMILES string of the molecule is Cc1ccc(C(F)(F)Oc2ccc(-c3ccc(OC(F)(F)F)c(F)c3)c(F)c2F)cc1. The second kappa shape index (κ2) is 8.09. The predicted molar refractivity (Wildman–Crippen MR) is 94.1 cm³/mol. The molecule has 0 saturated carbocycles. The van der Waals surface area contributed by atoms with Gasteiger partial charge in [-0.2, -0.15) is 13.2 Å². The zero-order valence-corrected chi connectivity index (χ0v) is 15.5. The molecular formula is C21H12F8O2. The minimum Gasteiger partial charge on any atom is -0.426 e. The molecule has 0 bridgehead atoms. The molecule has 0 unspecified atom stereocenters. The van der Waals surface area contributed by atoms with Crippen LogP contribution in [0, 0.1) is 24.4 Å². The van der Waals surface area contributed by atoms with Crippen LogP contribution in [0.1, 0.15) is 11.1 Å². The van der Waals surface area contributed by atoms with E-state index in [1.165, 1.54) is 12.1 Å². The Morgan fingerprint density at radius 1 is 0.677 bits per heavy atom. The fraction of sp³-hybridized carbons (Fsp3) is 0.143.